The third kappa shape index (κ3) is 2.70. The van der Waals surface area contributed by atoms with Gasteiger partial charge in [-0.25, -0.2) is 0 Å². The second-order valence-corrected chi connectivity index (χ2v) is 5.97. The summed E-state index contributed by atoms with van der Waals surface area (Å²) in [4.78, 5) is 2.43. The van der Waals surface area contributed by atoms with E-state index >= 15 is 0 Å². The third-order valence-electron chi connectivity index (χ3n) is 4.65. The molecule has 0 spiro atoms. The van der Waals surface area contributed by atoms with Gasteiger partial charge in [-0.15, -0.1) is 0 Å². The van der Waals surface area contributed by atoms with Gasteiger partial charge < -0.3 is 10.2 Å². The number of likely N-dealkylation sites (N-methyl/N-ethyl adjacent to an activating group) is 1. The normalized spacial score (nSPS) is 20.1. The Morgan fingerprint density at radius 2 is 2.11 bits per heavy atom. The summed E-state index contributed by atoms with van der Waals surface area (Å²) in [5.41, 5.74) is 1.55. The molecule has 1 atom stereocenters. The molecule has 1 heterocycles. The quantitative estimate of drug-likeness (QED) is 0.856. The molecule has 1 aliphatic rings. The van der Waals surface area contributed by atoms with Crippen LogP contribution in [0.1, 0.15) is 50.8 Å². The van der Waals surface area contributed by atoms with Gasteiger partial charge in [-0.3, -0.25) is 4.68 Å². The molecule has 1 fully saturated rings. The second-order valence-electron chi connectivity index (χ2n) is 5.97. The van der Waals surface area contributed by atoms with Gasteiger partial charge in [0.15, 0.2) is 0 Å². The van der Waals surface area contributed by atoms with Crippen LogP contribution in [0.3, 0.4) is 0 Å². The van der Waals surface area contributed by atoms with Gasteiger partial charge >= 0.3 is 0 Å². The van der Waals surface area contributed by atoms with Crippen molar-refractivity contribution in [2.45, 2.75) is 50.6 Å². The van der Waals surface area contributed by atoms with Gasteiger partial charge in [0.25, 0.3) is 0 Å². The molecule has 0 bridgehead atoms. The Morgan fingerprint density at radius 1 is 1.42 bits per heavy atom. The second kappa shape index (κ2) is 6.06. The van der Waals surface area contributed by atoms with Crippen molar-refractivity contribution in [3.05, 3.63) is 18.0 Å². The summed E-state index contributed by atoms with van der Waals surface area (Å²) in [5.74, 6) is 0. The fourth-order valence-electron chi connectivity index (χ4n) is 3.51. The Morgan fingerprint density at radius 3 is 2.58 bits per heavy atom. The van der Waals surface area contributed by atoms with Gasteiger partial charge in [-0.2, -0.15) is 5.10 Å². The predicted molar refractivity (Wildman–Crippen MR) is 79.1 cm³/mol. The molecule has 0 aromatic carbocycles. The largest absolute Gasteiger partial charge is 0.307 e. The highest BCUT2D eigenvalue weighted by Gasteiger charge is 2.44. The van der Waals surface area contributed by atoms with Crippen LogP contribution in [0.5, 0.6) is 0 Å². The van der Waals surface area contributed by atoms with Crippen molar-refractivity contribution in [1.29, 1.82) is 0 Å². The summed E-state index contributed by atoms with van der Waals surface area (Å²) < 4.78 is 2.02. The molecular weight excluding hydrogens is 236 g/mol. The van der Waals surface area contributed by atoms with Gasteiger partial charge in [-0.05, 0) is 46.0 Å². The first-order valence-electron chi connectivity index (χ1n) is 7.50. The highest BCUT2D eigenvalue weighted by atomic mass is 15.3. The van der Waals surface area contributed by atoms with Crippen LogP contribution in [-0.2, 0) is 7.05 Å². The summed E-state index contributed by atoms with van der Waals surface area (Å²) in [5, 5.41) is 8.14. The van der Waals surface area contributed by atoms with Gasteiger partial charge in [0.2, 0.25) is 0 Å². The fourth-order valence-corrected chi connectivity index (χ4v) is 3.51. The van der Waals surface area contributed by atoms with Crippen LogP contribution < -0.4 is 5.32 Å². The lowest BCUT2D eigenvalue weighted by atomic mass is 9.84. The molecule has 0 saturated heterocycles. The average molecular weight is 264 g/mol. The minimum atomic E-state index is 0.239. The van der Waals surface area contributed by atoms with Crippen molar-refractivity contribution in [2.75, 3.05) is 20.6 Å². The lowest BCUT2D eigenvalue weighted by molar-refractivity contribution is 0.100. The summed E-state index contributed by atoms with van der Waals surface area (Å²) >= 11 is 0. The van der Waals surface area contributed by atoms with E-state index in [1.165, 1.54) is 31.4 Å². The van der Waals surface area contributed by atoms with Crippen molar-refractivity contribution in [2.24, 2.45) is 7.05 Å². The number of aromatic nitrogens is 2. The van der Waals surface area contributed by atoms with Crippen molar-refractivity contribution < 1.29 is 0 Å². The minimum Gasteiger partial charge on any atom is -0.307 e. The molecule has 1 N–H and O–H groups in total. The predicted octanol–water partition coefficient (Wildman–Crippen LogP) is 2.34. The maximum Gasteiger partial charge on any atom is 0.0678 e. The van der Waals surface area contributed by atoms with Crippen LogP contribution in [0, 0.1) is 0 Å². The van der Waals surface area contributed by atoms with E-state index < -0.39 is 0 Å². The maximum absolute atomic E-state index is 4.37. The zero-order valence-electron chi connectivity index (χ0n) is 12.8. The van der Waals surface area contributed by atoms with Gasteiger partial charge in [0.1, 0.15) is 0 Å². The molecule has 0 aliphatic heterocycles. The molecule has 0 radical (unpaired) electrons. The van der Waals surface area contributed by atoms with Crippen molar-refractivity contribution in [3.8, 4) is 0 Å². The first-order valence-corrected chi connectivity index (χ1v) is 7.50. The minimum absolute atomic E-state index is 0.239. The van der Waals surface area contributed by atoms with E-state index in [-0.39, 0.29) is 5.54 Å². The number of rotatable bonds is 6. The highest BCUT2D eigenvalue weighted by Crippen LogP contribution is 2.43. The molecule has 4 nitrogen and oxygen atoms in total. The van der Waals surface area contributed by atoms with E-state index in [0.717, 1.165) is 13.0 Å². The first-order chi connectivity index (χ1) is 9.12. The molecule has 0 amide bonds. The van der Waals surface area contributed by atoms with Gasteiger partial charge in [0, 0.05) is 18.8 Å². The molecule has 1 aliphatic carbocycles. The number of nitrogens with zero attached hydrogens (tertiary/aromatic N) is 3. The van der Waals surface area contributed by atoms with E-state index in [9.17, 15) is 0 Å². The molecule has 1 saturated carbocycles. The molecule has 4 heteroatoms. The summed E-state index contributed by atoms with van der Waals surface area (Å²) in [6.45, 7) is 3.29. The molecule has 1 unspecified atom stereocenters. The SMILES string of the molecule is CCCNC(c1ccnn1C)C1(N(C)C)CCCC1. The van der Waals surface area contributed by atoms with E-state index in [1.807, 2.05) is 17.9 Å². The van der Waals surface area contributed by atoms with Crippen LogP contribution in [0.25, 0.3) is 0 Å². The average Bonchev–Trinajstić information content (AvgIpc) is 3.01. The number of aryl methyl sites for hydroxylation is 1. The molecule has 108 valence electrons. The topological polar surface area (TPSA) is 33.1 Å². The van der Waals surface area contributed by atoms with Crippen molar-refractivity contribution in [1.82, 2.24) is 20.0 Å². The lowest BCUT2D eigenvalue weighted by Gasteiger charge is -2.43. The third-order valence-corrected chi connectivity index (χ3v) is 4.65. The van der Waals surface area contributed by atoms with Gasteiger partial charge in [0.05, 0.1) is 11.7 Å². The maximum atomic E-state index is 4.37. The summed E-state index contributed by atoms with van der Waals surface area (Å²) in [7, 11) is 6.50. The number of hydrogen-bond acceptors (Lipinski definition) is 3. The molecule has 1 aromatic heterocycles. The van der Waals surface area contributed by atoms with Crippen LogP contribution in [0.2, 0.25) is 0 Å². The molecule has 2 rings (SSSR count). The standard InChI is InChI=1S/C15H28N4/c1-5-11-16-14(13-8-12-17-19(13)4)15(18(2)3)9-6-7-10-15/h8,12,14,16H,5-7,9-11H2,1-4H3. The molecule has 1 aromatic rings. The highest BCUT2D eigenvalue weighted by molar-refractivity contribution is 5.16. The van der Waals surface area contributed by atoms with Crippen LogP contribution >= 0.6 is 0 Å². The van der Waals surface area contributed by atoms with E-state index in [1.54, 1.807) is 0 Å². The fraction of sp³-hybridized carbons (Fsp3) is 0.800. The zero-order valence-corrected chi connectivity index (χ0v) is 12.8. The summed E-state index contributed by atoms with van der Waals surface area (Å²) in [6.07, 6.45) is 8.28. The van der Waals surface area contributed by atoms with E-state index in [2.05, 4.69) is 42.4 Å². The number of hydrogen-bond donors (Lipinski definition) is 1. The summed E-state index contributed by atoms with van der Waals surface area (Å²) in [6, 6.07) is 2.54. The Labute approximate surface area is 117 Å². The van der Waals surface area contributed by atoms with E-state index in [0.29, 0.717) is 6.04 Å². The first kappa shape index (κ1) is 14.5. The van der Waals surface area contributed by atoms with Crippen LogP contribution in [-0.4, -0.2) is 40.9 Å². The molecule has 19 heavy (non-hydrogen) atoms. The van der Waals surface area contributed by atoms with Crippen LogP contribution in [0.15, 0.2) is 12.3 Å². The van der Waals surface area contributed by atoms with Crippen LogP contribution in [0.4, 0.5) is 0 Å². The van der Waals surface area contributed by atoms with E-state index in [4.69, 9.17) is 0 Å². The molecular formula is C15H28N4. The monoisotopic (exact) mass is 264 g/mol. The Balaban J connectivity index is 2.33. The lowest BCUT2D eigenvalue weighted by Crippen LogP contribution is -2.52. The number of nitrogens with one attached hydrogen (secondary N) is 1. The Kier molecular flexibility index (Phi) is 4.63. The smallest absolute Gasteiger partial charge is 0.0678 e. The van der Waals surface area contributed by atoms with Crippen molar-refractivity contribution >= 4 is 0 Å². The Hall–Kier alpha value is -0.870. The zero-order chi connectivity index (χ0) is 13.9. The van der Waals surface area contributed by atoms with Crippen molar-refractivity contribution in [3.63, 3.8) is 0 Å². The Bertz CT molecular complexity index is 391. The van der Waals surface area contributed by atoms with Gasteiger partial charge in [-0.1, -0.05) is 19.8 Å².